The lowest BCUT2D eigenvalue weighted by Crippen LogP contribution is -2.33. The number of carboxylic acids is 2. The highest BCUT2D eigenvalue weighted by Gasteiger charge is 2.24. The Morgan fingerprint density at radius 1 is 1.10 bits per heavy atom. The highest BCUT2D eigenvalue weighted by Crippen LogP contribution is 2.17. The summed E-state index contributed by atoms with van der Waals surface area (Å²) in [6.07, 6.45) is 0.262. The van der Waals surface area contributed by atoms with Crippen LogP contribution in [0.25, 0.3) is 0 Å². The predicted octanol–water partition coefficient (Wildman–Crippen LogP) is 1.26. The molecule has 7 nitrogen and oxygen atoms in total. The molecule has 0 aliphatic rings. The molecule has 1 aromatic carbocycles. The minimum absolute atomic E-state index is 0.0125. The van der Waals surface area contributed by atoms with Crippen molar-refractivity contribution in [2.24, 2.45) is 0 Å². The second-order valence-electron chi connectivity index (χ2n) is 4.38. The van der Waals surface area contributed by atoms with E-state index in [1.54, 1.807) is 6.92 Å². The van der Waals surface area contributed by atoms with Gasteiger partial charge in [-0.3, -0.25) is 4.79 Å². The lowest BCUT2D eigenvalue weighted by Gasteiger charge is -2.20. The summed E-state index contributed by atoms with van der Waals surface area (Å²) >= 11 is 0. The van der Waals surface area contributed by atoms with Crippen molar-refractivity contribution in [1.82, 2.24) is 4.31 Å². The van der Waals surface area contributed by atoms with Crippen LogP contribution in [-0.2, 0) is 14.8 Å². The number of carboxylic acid groups (broad SMARTS) is 2. The fourth-order valence-electron chi connectivity index (χ4n) is 1.74. The summed E-state index contributed by atoms with van der Waals surface area (Å²) in [5, 5.41) is 17.5. The van der Waals surface area contributed by atoms with E-state index in [0.717, 1.165) is 4.31 Å². The van der Waals surface area contributed by atoms with Crippen molar-refractivity contribution in [3.05, 3.63) is 29.8 Å². The molecule has 0 heterocycles. The maximum Gasteiger partial charge on any atom is 0.335 e. The fourth-order valence-corrected chi connectivity index (χ4v) is 3.27. The molecule has 116 valence electrons. The molecule has 0 atom stereocenters. The van der Waals surface area contributed by atoms with Crippen LogP contribution < -0.4 is 0 Å². The van der Waals surface area contributed by atoms with Crippen molar-refractivity contribution >= 4 is 22.0 Å². The van der Waals surface area contributed by atoms with Crippen LogP contribution in [0.5, 0.6) is 0 Å². The quantitative estimate of drug-likeness (QED) is 0.747. The molecule has 0 aromatic heterocycles. The van der Waals surface area contributed by atoms with Gasteiger partial charge in [0.1, 0.15) is 0 Å². The topological polar surface area (TPSA) is 112 Å². The molecule has 0 aliphatic heterocycles. The number of rotatable bonds is 8. The van der Waals surface area contributed by atoms with Gasteiger partial charge in [0.15, 0.2) is 0 Å². The van der Waals surface area contributed by atoms with Gasteiger partial charge in [-0.15, -0.1) is 0 Å². The zero-order valence-corrected chi connectivity index (χ0v) is 12.3. The number of benzene rings is 1. The Labute approximate surface area is 122 Å². The first-order valence-electron chi connectivity index (χ1n) is 6.34. The van der Waals surface area contributed by atoms with Gasteiger partial charge in [0, 0.05) is 13.1 Å². The maximum atomic E-state index is 12.4. The molecule has 1 aromatic rings. The van der Waals surface area contributed by atoms with Gasteiger partial charge < -0.3 is 10.2 Å². The van der Waals surface area contributed by atoms with E-state index in [2.05, 4.69) is 0 Å². The highest BCUT2D eigenvalue weighted by atomic mass is 32.2. The zero-order chi connectivity index (χ0) is 16.0. The van der Waals surface area contributed by atoms with Gasteiger partial charge in [-0.25, -0.2) is 13.2 Å². The normalized spacial score (nSPS) is 11.5. The molecule has 0 spiro atoms. The SMILES string of the molecule is CCCN(CCC(=O)O)S(=O)(=O)c1ccc(C(=O)O)cc1. The van der Waals surface area contributed by atoms with Crippen molar-refractivity contribution < 1.29 is 28.2 Å². The molecule has 0 saturated heterocycles. The first-order chi connectivity index (χ1) is 9.78. The highest BCUT2D eigenvalue weighted by molar-refractivity contribution is 7.89. The second-order valence-corrected chi connectivity index (χ2v) is 6.32. The largest absolute Gasteiger partial charge is 0.481 e. The summed E-state index contributed by atoms with van der Waals surface area (Å²) in [5.74, 6) is -2.22. The number of hydrogen-bond donors (Lipinski definition) is 2. The molecule has 21 heavy (non-hydrogen) atoms. The summed E-state index contributed by atoms with van der Waals surface area (Å²) in [6, 6.07) is 4.83. The van der Waals surface area contributed by atoms with Crippen molar-refractivity contribution in [2.45, 2.75) is 24.7 Å². The average molecular weight is 315 g/mol. The van der Waals surface area contributed by atoms with Crippen molar-refractivity contribution in [2.75, 3.05) is 13.1 Å². The fraction of sp³-hybridized carbons (Fsp3) is 0.385. The number of aliphatic carboxylic acids is 1. The smallest absolute Gasteiger partial charge is 0.335 e. The predicted molar refractivity (Wildman–Crippen MR) is 74.7 cm³/mol. The lowest BCUT2D eigenvalue weighted by molar-refractivity contribution is -0.137. The minimum Gasteiger partial charge on any atom is -0.481 e. The monoisotopic (exact) mass is 315 g/mol. The molecular formula is C13H17NO6S. The second kappa shape index (κ2) is 7.19. The van der Waals surface area contributed by atoms with Crippen LogP contribution in [0.15, 0.2) is 29.2 Å². The Morgan fingerprint density at radius 2 is 1.67 bits per heavy atom. The Morgan fingerprint density at radius 3 is 2.10 bits per heavy atom. The van der Waals surface area contributed by atoms with Crippen LogP contribution in [0.4, 0.5) is 0 Å². The van der Waals surface area contributed by atoms with Crippen molar-refractivity contribution in [3.8, 4) is 0 Å². The number of nitrogens with zero attached hydrogens (tertiary/aromatic N) is 1. The third-order valence-corrected chi connectivity index (χ3v) is 4.70. The van der Waals surface area contributed by atoms with E-state index < -0.39 is 22.0 Å². The molecule has 0 bridgehead atoms. The van der Waals surface area contributed by atoms with E-state index in [1.807, 2.05) is 0 Å². The third kappa shape index (κ3) is 4.54. The number of aromatic carboxylic acids is 1. The average Bonchev–Trinajstić information content (AvgIpc) is 2.43. The zero-order valence-electron chi connectivity index (χ0n) is 11.5. The molecule has 0 radical (unpaired) electrons. The van der Waals surface area contributed by atoms with E-state index >= 15 is 0 Å². The van der Waals surface area contributed by atoms with Gasteiger partial charge in [0.2, 0.25) is 10.0 Å². The minimum atomic E-state index is -3.82. The number of carbonyl (C=O) groups is 2. The molecule has 2 N–H and O–H groups in total. The Hall–Kier alpha value is -1.93. The Balaban J connectivity index is 3.03. The van der Waals surface area contributed by atoms with Crippen molar-refractivity contribution in [1.29, 1.82) is 0 Å². The summed E-state index contributed by atoms with van der Waals surface area (Å²) < 4.78 is 25.9. The molecule has 0 amide bonds. The molecule has 0 unspecified atom stereocenters. The third-order valence-electron chi connectivity index (χ3n) is 2.79. The van der Waals surface area contributed by atoms with Crippen LogP contribution in [0.3, 0.4) is 0 Å². The van der Waals surface area contributed by atoms with Gasteiger partial charge in [-0.2, -0.15) is 4.31 Å². The Bertz CT molecular complexity index is 608. The summed E-state index contributed by atoms with van der Waals surface area (Å²) in [7, 11) is -3.82. The van der Waals surface area contributed by atoms with E-state index in [4.69, 9.17) is 10.2 Å². The van der Waals surface area contributed by atoms with Gasteiger partial charge in [0.05, 0.1) is 16.9 Å². The molecule has 8 heteroatoms. The molecular weight excluding hydrogens is 298 g/mol. The van der Waals surface area contributed by atoms with E-state index in [-0.39, 0.29) is 30.0 Å². The molecule has 0 saturated carbocycles. The van der Waals surface area contributed by atoms with Crippen LogP contribution in [0, 0.1) is 0 Å². The summed E-state index contributed by atoms with van der Waals surface area (Å²) in [6.45, 7) is 1.87. The van der Waals surface area contributed by atoms with Crippen LogP contribution in [-0.4, -0.2) is 48.0 Å². The first kappa shape index (κ1) is 17.1. The van der Waals surface area contributed by atoms with E-state index in [0.29, 0.717) is 6.42 Å². The summed E-state index contributed by atoms with van der Waals surface area (Å²) in [5.41, 5.74) is -0.0125. The van der Waals surface area contributed by atoms with Crippen LogP contribution >= 0.6 is 0 Å². The molecule has 0 fully saturated rings. The molecule has 0 aliphatic carbocycles. The maximum absolute atomic E-state index is 12.4. The lowest BCUT2D eigenvalue weighted by atomic mass is 10.2. The van der Waals surface area contributed by atoms with Gasteiger partial charge in [-0.1, -0.05) is 6.92 Å². The number of hydrogen-bond acceptors (Lipinski definition) is 4. The van der Waals surface area contributed by atoms with Gasteiger partial charge >= 0.3 is 11.9 Å². The van der Waals surface area contributed by atoms with Gasteiger partial charge in [-0.05, 0) is 30.7 Å². The molecule has 1 rings (SSSR count). The number of sulfonamides is 1. The van der Waals surface area contributed by atoms with E-state index in [1.165, 1.54) is 24.3 Å². The van der Waals surface area contributed by atoms with E-state index in [9.17, 15) is 18.0 Å². The standard InChI is InChI=1S/C13H17NO6S/c1-2-8-14(9-7-12(15)16)21(19,20)11-5-3-10(4-6-11)13(17)18/h3-6H,2,7-9H2,1H3,(H,15,16)(H,17,18). The summed E-state index contributed by atoms with van der Waals surface area (Å²) in [4.78, 5) is 21.3. The van der Waals surface area contributed by atoms with Crippen LogP contribution in [0.2, 0.25) is 0 Å². The Kier molecular flexibility index (Phi) is 5.86. The van der Waals surface area contributed by atoms with Crippen LogP contribution in [0.1, 0.15) is 30.1 Å². The van der Waals surface area contributed by atoms with Crippen molar-refractivity contribution in [3.63, 3.8) is 0 Å². The first-order valence-corrected chi connectivity index (χ1v) is 7.78. The van der Waals surface area contributed by atoms with Gasteiger partial charge in [0.25, 0.3) is 0 Å².